The predicted molar refractivity (Wildman–Crippen MR) is 172 cm³/mol. The van der Waals surface area contributed by atoms with Crippen molar-refractivity contribution < 1.29 is 28.5 Å². The molecule has 0 radical (unpaired) electrons. The van der Waals surface area contributed by atoms with E-state index < -0.39 is 13.7 Å². The van der Waals surface area contributed by atoms with E-state index in [1.165, 1.54) is 0 Å². The molecule has 1 aliphatic rings. The van der Waals surface area contributed by atoms with Crippen LogP contribution in [0.5, 0.6) is 23.0 Å². The normalized spacial score (nSPS) is 16.2. The van der Waals surface area contributed by atoms with Gasteiger partial charge in [-0.25, -0.2) is 4.79 Å². The smallest absolute Gasteiger partial charge is 0.344 e. The fraction of sp³-hybridized carbons (Fsp3) is 0.250. The number of ether oxygens (including phenoxy) is 5. The van der Waals surface area contributed by atoms with Crippen LogP contribution in [-0.4, -0.2) is 41.0 Å². The van der Waals surface area contributed by atoms with Gasteiger partial charge >= 0.3 is 5.97 Å². The van der Waals surface area contributed by atoms with Gasteiger partial charge in [0.25, 0.3) is 0 Å². The Bertz CT molecular complexity index is 1760. The third-order valence-corrected chi connectivity index (χ3v) is 9.59. The summed E-state index contributed by atoms with van der Waals surface area (Å²) in [5.74, 6) is 2.41. The summed E-state index contributed by atoms with van der Waals surface area (Å²) in [5, 5.41) is 4.23. The van der Waals surface area contributed by atoms with Crippen molar-refractivity contribution in [2.24, 2.45) is 0 Å². The van der Waals surface area contributed by atoms with Crippen molar-refractivity contribution in [2.45, 2.75) is 31.3 Å². The van der Waals surface area contributed by atoms with E-state index in [-0.39, 0.29) is 19.2 Å². The molecule has 1 unspecified atom stereocenters. The van der Waals surface area contributed by atoms with Crippen molar-refractivity contribution in [3.05, 3.63) is 108 Å². The second kappa shape index (κ2) is 11.6. The fourth-order valence-electron chi connectivity index (χ4n) is 5.49. The first kappa shape index (κ1) is 28.6. The second-order valence-corrected chi connectivity index (χ2v) is 17.7. The first-order chi connectivity index (χ1) is 20.8. The largest absolute Gasteiger partial charge is 0.497 e. The lowest BCUT2D eigenvalue weighted by molar-refractivity contribution is -0.145. The molecule has 7 heteroatoms. The standard InChI is InChI=1S/C36H36O6Si/c1-38-27-17-13-25(14-18-27)36(26-15-19-28(20-16-26)40-23-33(37)39-21-22-43(2,3)4)24-41-34-31-11-7-5-9-29(31)30-10-6-8-12-32(30)35(34)42-36/h5-20H,21-24H2,1-4H3. The van der Waals surface area contributed by atoms with Crippen LogP contribution in [-0.2, 0) is 15.1 Å². The molecule has 1 aliphatic heterocycles. The highest BCUT2D eigenvalue weighted by molar-refractivity contribution is 6.76. The highest BCUT2D eigenvalue weighted by atomic mass is 28.3. The summed E-state index contributed by atoms with van der Waals surface area (Å²) in [6.45, 7) is 7.31. The van der Waals surface area contributed by atoms with Crippen molar-refractivity contribution in [1.82, 2.24) is 0 Å². The molecular formula is C36H36O6Si. The van der Waals surface area contributed by atoms with Crippen LogP contribution in [0.25, 0.3) is 21.5 Å². The van der Waals surface area contributed by atoms with Crippen molar-refractivity contribution >= 4 is 35.6 Å². The molecule has 43 heavy (non-hydrogen) atoms. The Kier molecular flexibility index (Phi) is 7.75. The van der Waals surface area contributed by atoms with E-state index in [0.29, 0.717) is 18.1 Å². The minimum Gasteiger partial charge on any atom is -0.497 e. The summed E-state index contributed by atoms with van der Waals surface area (Å²) in [5.41, 5.74) is 0.875. The molecule has 1 atom stereocenters. The number of methoxy groups -OCH3 is 1. The molecule has 6 rings (SSSR count). The summed E-state index contributed by atoms with van der Waals surface area (Å²) in [6.07, 6.45) is 0. The third-order valence-electron chi connectivity index (χ3n) is 7.88. The van der Waals surface area contributed by atoms with Gasteiger partial charge in [-0.1, -0.05) is 92.4 Å². The molecule has 1 heterocycles. The fourth-order valence-corrected chi connectivity index (χ4v) is 6.20. The Balaban J connectivity index is 1.34. The summed E-state index contributed by atoms with van der Waals surface area (Å²) >= 11 is 0. The van der Waals surface area contributed by atoms with Gasteiger partial charge in [0.2, 0.25) is 0 Å². The average molecular weight is 593 g/mol. The lowest BCUT2D eigenvalue weighted by atomic mass is 9.85. The second-order valence-electron chi connectivity index (χ2n) is 12.0. The van der Waals surface area contributed by atoms with Crippen LogP contribution >= 0.6 is 0 Å². The van der Waals surface area contributed by atoms with Crippen molar-refractivity contribution in [1.29, 1.82) is 0 Å². The molecule has 0 spiro atoms. The Morgan fingerprint density at radius 1 is 0.744 bits per heavy atom. The molecule has 0 saturated carbocycles. The number of carbonyl (C=O) groups is 1. The number of esters is 1. The van der Waals surface area contributed by atoms with Gasteiger partial charge in [0.05, 0.1) is 13.7 Å². The van der Waals surface area contributed by atoms with E-state index in [1.807, 2.05) is 72.8 Å². The van der Waals surface area contributed by atoms with Crippen LogP contribution in [0.1, 0.15) is 11.1 Å². The maximum Gasteiger partial charge on any atom is 0.344 e. The van der Waals surface area contributed by atoms with E-state index in [2.05, 4.69) is 43.9 Å². The van der Waals surface area contributed by atoms with E-state index >= 15 is 0 Å². The molecule has 0 aliphatic carbocycles. The molecule has 6 nitrogen and oxygen atoms in total. The van der Waals surface area contributed by atoms with Gasteiger partial charge in [-0.05, 0) is 41.1 Å². The highest BCUT2D eigenvalue weighted by Gasteiger charge is 2.43. The molecule has 220 valence electrons. The number of fused-ring (bicyclic) bond motifs is 6. The zero-order chi connectivity index (χ0) is 30.0. The number of carbonyl (C=O) groups excluding carboxylic acids is 1. The quantitative estimate of drug-likeness (QED) is 0.0983. The summed E-state index contributed by atoms with van der Waals surface area (Å²) < 4.78 is 30.4. The predicted octanol–water partition coefficient (Wildman–Crippen LogP) is 7.98. The molecule has 0 amide bonds. The van der Waals surface area contributed by atoms with Gasteiger partial charge in [-0.15, -0.1) is 0 Å². The lowest BCUT2D eigenvalue weighted by Crippen LogP contribution is -2.43. The summed E-state index contributed by atoms with van der Waals surface area (Å²) in [7, 11) is 0.379. The van der Waals surface area contributed by atoms with Gasteiger partial charge in [0.15, 0.2) is 23.7 Å². The van der Waals surface area contributed by atoms with Crippen LogP contribution in [0.4, 0.5) is 0 Å². The SMILES string of the molecule is COc1ccc(C2(c3ccc(OCC(=O)OCC[Si](C)(C)C)cc3)COc3c(c4ccccc4c4ccccc34)O2)cc1. The van der Waals surface area contributed by atoms with Crippen LogP contribution in [0.3, 0.4) is 0 Å². The monoisotopic (exact) mass is 592 g/mol. The first-order valence-corrected chi connectivity index (χ1v) is 18.3. The molecule has 0 saturated heterocycles. The maximum atomic E-state index is 12.2. The molecule has 0 bridgehead atoms. The molecular weight excluding hydrogens is 556 g/mol. The molecule has 5 aromatic carbocycles. The van der Waals surface area contributed by atoms with Gasteiger partial charge in [0.1, 0.15) is 18.1 Å². The van der Waals surface area contributed by atoms with E-state index in [0.717, 1.165) is 50.2 Å². The average Bonchev–Trinajstić information content (AvgIpc) is 3.03. The van der Waals surface area contributed by atoms with Crippen LogP contribution < -0.4 is 18.9 Å². The summed E-state index contributed by atoms with van der Waals surface area (Å²) in [6, 6.07) is 33.0. The first-order valence-electron chi connectivity index (χ1n) is 14.6. The maximum absolute atomic E-state index is 12.2. The number of rotatable bonds is 9. The van der Waals surface area contributed by atoms with E-state index in [9.17, 15) is 4.79 Å². The lowest BCUT2D eigenvalue weighted by Gasteiger charge is -2.40. The van der Waals surface area contributed by atoms with Gasteiger partial charge in [-0.2, -0.15) is 0 Å². The zero-order valence-electron chi connectivity index (χ0n) is 25.0. The van der Waals surface area contributed by atoms with Crippen molar-refractivity contribution in [3.8, 4) is 23.0 Å². The number of hydrogen-bond acceptors (Lipinski definition) is 6. The highest BCUT2D eigenvalue weighted by Crippen LogP contribution is 2.51. The Hall–Kier alpha value is -4.49. The minimum atomic E-state index is -1.27. The molecule has 0 aromatic heterocycles. The van der Waals surface area contributed by atoms with E-state index in [1.54, 1.807) is 7.11 Å². The molecule has 0 fully saturated rings. The Labute approximate surface area is 253 Å². The molecule has 0 N–H and O–H groups in total. The minimum absolute atomic E-state index is 0.138. The number of hydrogen-bond donors (Lipinski definition) is 0. The topological polar surface area (TPSA) is 63.2 Å². The van der Waals surface area contributed by atoms with Crippen LogP contribution in [0.2, 0.25) is 25.7 Å². The Morgan fingerprint density at radius 2 is 1.28 bits per heavy atom. The van der Waals surface area contributed by atoms with Gasteiger partial charge in [0, 0.05) is 30.0 Å². The van der Waals surface area contributed by atoms with Crippen molar-refractivity contribution in [3.63, 3.8) is 0 Å². The van der Waals surface area contributed by atoms with Gasteiger partial charge in [-0.3, -0.25) is 0 Å². The van der Waals surface area contributed by atoms with Crippen LogP contribution in [0, 0.1) is 0 Å². The zero-order valence-corrected chi connectivity index (χ0v) is 26.0. The molecule has 5 aromatic rings. The Morgan fingerprint density at radius 3 is 1.84 bits per heavy atom. The van der Waals surface area contributed by atoms with Crippen LogP contribution in [0.15, 0.2) is 97.1 Å². The third kappa shape index (κ3) is 5.77. The summed E-state index contributed by atoms with van der Waals surface area (Å²) in [4.78, 5) is 12.2. The van der Waals surface area contributed by atoms with E-state index in [4.69, 9.17) is 23.7 Å². The number of benzene rings is 5. The van der Waals surface area contributed by atoms with Crippen molar-refractivity contribution in [2.75, 3.05) is 26.9 Å². The van der Waals surface area contributed by atoms with Gasteiger partial charge < -0.3 is 23.7 Å².